The molecule has 0 saturated carbocycles. The Labute approximate surface area is 185 Å². The number of nitrogen functional groups attached to an aromatic ring is 1. The number of halogens is 3. The van der Waals surface area contributed by atoms with E-state index in [0.29, 0.717) is 16.0 Å². The molecule has 2 heterocycles. The topological polar surface area (TPSA) is 132 Å². The Morgan fingerprint density at radius 3 is 2.48 bits per heavy atom. The first kappa shape index (κ1) is 23.7. The van der Waals surface area contributed by atoms with Crippen LogP contribution in [0.4, 0.5) is 23.8 Å². The quantitative estimate of drug-likeness (QED) is 0.394. The van der Waals surface area contributed by atoms with Crippen LogP contribution in [-0.4, -0.2) is 46.0 Å². The number of urea groups is 1. The summed E-state index contributed by atoms with van der Waals surface area (Å²) in [6.07, 6.45) is -4.21. The molecule has 1 saturated heterocycles. The van der Waals surface area contributed by atoms with Gasteiger partial charge in [-0.05, 0) is 36.6 Å². The lowest BCUT2D eigenvalue weighted by atomic mass is 9.82. The Bertz CT molecular complexity index is 1080. The highest BCUT2D eigenvalue weighted by atomic mass is 19.4. The lowest BCUT2D eigenvalue weighted by Gasteiger charge is -2.43. The van der Waals surface area contributed by atoms with E-state index < -0.39 is 48.1 Å². The fourth-order valence-electron chi connectivity index (χ4n) is 3.41. The molecule has 9 nitrogen and oxygen atoms in total. The van der Waals surface area contributed by atoms with E-state index in [1.807, 2.05) is 0 Å². The predicted molar refractivity (Wildman–Crippen MR) is 107 cm³/mol. The molecule has 1 aliphatic heterocycles. The number of aromatic nitrogens is 1. The third-order valence-corrected chi connectivity index (χ3v) is 5.04. The maximum atomic E-state index is 12.7. The second kappa shape index (κ2) is 9.27. The number of benzene rings is 1. The number of amides is 3. The van der Waals surface area contributed by atoms with Crippen LogP contribution in [-0.2, 0) is 25.5 Å². The van der Waals surface area contributed by atoms with Crippen LogP contribution < -0.4 is 11.1 Å². The number of esters is 2. The van der Waals surface area contributed by atoms with Crippen LogP contribution in [0.5, 0.6) is 0 Å². The number of ether oxygens (including phenoxy) is 1. The van der Waals surface area contributed by atoms with Crippen molar-refractivity contribution in [1.29, 1.82) is 0 Å². The van der Waals surface area contributed by atoms with Crippen molar-refractivity contribution in [1.82, 2.24) is 15.2 Å². The van der Waals surface area contributed by atoms with Crippen LogP contribution in [0.2, 0.25) is 0 Å². The Morgan fingerprint density at radius 2 is 1.88 bits per heavy atom. The summed E-state index contributed by atoms with van der Waals surface area (Å²) in [7, 11) is 0. The Morgan fingerprint density at radius 1 is 1.21 bits per heavy atom. The molecule has 2 unspecified atom stereocenters. The van der Waals surface area contributed by atoms with Crippen molar-refractivity contribution in [3.63, 3.8) is 0 Å². The van der Waals surface area contributed by atoms with Crippen molar-refractivity contribution in [2.75, 3.05) is 5.73 Å². The molecule has 3 atom stereocenters. The second-order valence-corrected chi connectivity index (χ2v) is 7.34. The standard InChI is InChI=1S/C21H19F3N4O5/c1-11(13-5-3-2-4-6-13)27-20(32)28-16(18(30)33-19(31)21(22,23)24)14(17(28)29)9-12-7-8-26-15(25)10-12/h2-8,10-11,14,16H,9H2,1H3,(H2,25,26)(H,27,32)/t11-,14?,16?/m1/s1. The Kier molecular flexibility index (Phi) is 6.65. The van der Waals surface area contributed by atoms with Gasteiger partial charge in [0.1, 0.15) is 5.82 Å². The van der Waals surface area contributed by atoms with E-state index in [1.165, 1.54) is 18.3 Å². The van der Waals surface area contributed by atoms with Crippen LogP contribution in [0.25, 0.3) is 0 Å². The molecule has 1 fully saturated rings. The van der Waals surface area contributed by atoms with Crippen LogP contribution in [0.3, 0.4) is 0 Å². The highest BCUT2D eigenvalue weighted by Gasteiger charge is 2.57. The summed E-state index contributed by atoms with van der Waals surface area (Å²) in [4.78, 5) is 53.2. The third kappa shape index (κ3) is 5.27. The SMILES string of the molecule is C[C@@H](NC(=O)N1C(=O)C(Cc2ccnc(N)c2)C1C(=O)OC(=O)C(F)(F)F)c1ccccc1. The zero-order chi connectivity index (χ0) is 24.3. The Hall–Kier alpha value is -3.96. The molecule has 0 radical (unpaired) electrons. The number of nitrogens with one attached hydrogen (secondary N) is 1. The summed E-state index contributed by atoms with van der Waals surface area (Å²) in [5.41, 5.74) is 6.74. The first-order valence-electron chi connectivity index (χ1n) is 9.70. The second-order valence-electron chi connectivity index (χ2n) is 7.34. The number of carbonyl (C=O) groups is 4. The molecule has 3 rings (SSSR count). The fourth-order valence-corrected chi connectivity index (χ4v) is 3.41. The van der Waals surface area contributed by atoms with Crippen molar-refractivity contribution in [3.05, 3.63) is 59.8 Å². The van der Waals surface area contributed by atoms with Crippen molar-refractivity contribution >= 4 is 29.7 Å². The van der Waals surface area contributed by atoms with E-state index in [0.717, 1.165) is 0 Å². The largest absolute Gasteiger partial charge is 0.491 e. The smallest absolute Gasteiger partial charge is 0.385 e. The first-order chi connectivity index (χ1) is 15.5. The first-order valence-corrected chi connectivity index (χ1v) is 9.70. The normalized spacial score (nSPS) is 18.8. The van der Waals surface area contributed by atoms with E-state index in [1.54, 1.807) is 37.3 Å². The molecule has 1 aromatic heterocycles. The maximum Gasteiger partial charge on any atom is 0.491 e. The van der Waals surface area contributed by atoms with E-state index >= 15 is 0 Å². The van der Waals surface area contributed by atoms with Gasteiger partial charge in [-0.15, -0.1) is 0 Å². The third-order valence-electron chi connectivity index (χ3n) is 5.04. The van der Waals surface area contributed by atoms with Gasteiger partial charge in [0.25, 0.3) is 0 Å². The molecule has 12 heteroatoms. The van der Waals surface area contributed by atoms with Crippen molar-refractivity contribution < 1.29 is 37.1 Å². The average molecular weight is 464 g/mol. The van der Waals surface area contributed by atoms with Crippen molar-refractivity contribution in [2.24, 2.45) is 5.92 Å². The van der Waals surface area contributed by atoms with Crippen LogP contribution in [0.15, 0.2) is 48.7 Å². The zero-order valence-corrected chi connectivity index (χ0v) is 17.2. The summed E-state index contributed by atoms with van der Waals surface area (Å²) >= 11 is 0. The number of hydrogen-bond acceptors (Lipinski definition) is 7. The molecule has 1 aromatic carbocycles. The molecular weight excluding hydrogens is 445 g/mol. The van der Waals surface area contributed by atoms with Gasteiger partial charge in [-0.1, -0.05) is 30.3 Å². The summed E-state index contributed by atoms with van der Waals surface area (Å²) in [6.45, 7) is 1.62. The number of imide groups is 1. The number of hydrogen-bond donors (Lipinski definition) is 2. The summed E-state index contributed by atoms with van der Waals surface area (Å²) in [6, 6.07) is 8.23. The van der Waals surface area contributed by atoms with Gasteiger partial charge in [0.2, 0.25) is 5.91 Å². The van der Waals surface area contributed by atoms with Crippen LogP contribution >= 0.6 is 0 Å². The van der Waals surface area contributed by atoms with E-state index in [4.69, 9.17) is 5.73 Å². The number of anilines is 1. The highest BCUT2D eigenvalue weighted by molar-refractivity contribution is 6.09. The molecule has 0 aliphatic carbocycles. The number of carbonyl (C=O) groups excluding carboxylic acids is 4. The van der Waals surface area contributed by atoms with Gasteiger partial charge >= 0.3 is 24.1 Å². The summed E-state index contributed by atoms with van der Waals surface area (Å²) < 4.78 is 41.6. The molecule has 0 spiro atoms. The maximum absolute atomic E-state index is 12.7. The molecule has 3 amide bonds. The monoisotopic (exact) mass is 464 g/mol. The molecule has 33 heavy (non-hydrogen) atoms. The Balaban J connectivity index is 1.81. The number of likely N-dealkylation sites (tertiary alicyclic amines) is 1. The molecule has 3 N–H and O–H groups in total. The number of nitrogens with zero attached hydrogens (tertiary/aromatic N) is 2. The molecule has 2 aromatic rings. The van der Waals surface area contributed by atoms with Crippen molar-refractivity contribution in [2.45, 2.75) is 31.6 Å². The van der Waals surface area contributed by atoms with Crippen LogP contribution in [0, 0.1) is 5.92 Å². The minimum atomic E-state index is -5.42. The molecule has 174 valence electrons. The summed E-state index contributed by atoms with van der Waals surface area (Å²) in [5, 5.41) is 2.51. The van der Waals surface area contributed by atoms with Gasteiger partial charge in [-0.3, -0.25) is 4.79 Å². The van der Waals surface area contributed by atoms with Gasteiger partial charge < -0.3 is 15.8 Å². The van der Waals surface area contributed by atoms with Gasteiger partial charge in [0.15, 0.2) is 6.04 Å². The van der Waals surface area contributed by atoms with Gasteiger partial charge in [0.05, 0.1) is 12.0 Å². The minimum Gasteiger partial charge on any atom is -0.385 e. The molecule has 1 aliphatic rings. The average Bonchev–Trinajstić information content (AvgIpc) is 2.75. The van der Waals surface area contributed by atoms with E-state index in [-0.39, 0.29) is 12.2 Å². The lowest BCUT2D eigenvalue weighted by Crippen LogP contribution is -2.69. The fraction of sp³-hybridized carbons (Fsp3) is 0.286. The van der Waals surface area contributed by atoms with Gasteiger partial charge in [-0.25, -0.2) is 24.3 Å². The van der Waals surface area contributed by atoms with Crippen molar-refractivity contribution in [3.8, 4) is 0 Å². The zero-order valence-electron chi connectivity index (χ0n) is 17.2. The predicted octanol–water partition coefficient (Wildman–Crippen LogP) is 2.14. The molecular formula is C21H19F3N4O5. The summed E-state index contributed by atoms with van der Waals surface area (Å²) in [5.74, 6) is -6.33. The van der Waals surface area contributed by atoms with Gasteiger partial charge in [0, 0.05) is 6.20 Å². The van der Waals surface area contributed by atoms with Crippen LogP contribution in [0.1, 0.15) is 24.1 Å². The number of nitrogens with two attached hydrogens (primary N) is 1. The molecule has 0 bridgehead atoms. The lowest BCUT2D eigenvalue weighted by molar-refractivity contribution is -0.205. The van der Waals surface area contributed by atoms with E-state index in [9.17, 15) is 32.3 Å². The minimum absolute atomic E-state index is 0.122. The highest BCUT2D eigenvalue weighted by Crippen LogP contribution is 2.32. The number of β-lactam (4-membered cyclic amide) rings is 1. The number of alkyl halides is 3. The van der Waals surface area contributed by atoms with E-state index in [2.05, 4.69) is 15.0 Å². The number of pyridine rings is 1. The number of rotatable bonds is 5. The van der Waals surface area contributed by atoms with Gasteiger partial charge in [-0.2, -0.15) is 13.2 Å².